The average molecular weight is 411 g/mol. The topological polar surface area (TPSA) is 79.0 Å². The fourth-order valence-corrected chi connectivity index (χ4v) is 3.93. The first-order valence-corrected chi connectivity index (χ1v) is 9.75. The molecule has 1 N–H and O–H groups in total. The summed E-state index contributed by atoms with van der Waals surface area (Å²) in [5, 5.41) is 2.79. The maximum atomic E-state index is 13.4. The smallest absolute Gasteiger partial charge is 0.254 e. The van der Waals surface area contributed by atoms with Crippen LogP contribution >= 0.6 is 0 Å². The number of halogens is 1. The predicted octanol–water partition coefficient (Wildman–Crippen LogP) is 1.23. The molecule has 2 aromatic rings. The minimum atomic E-state index is -0.740. The summed E-state index contributed by atoms with van der Waals surface area (Å²) in [5.74, 6) is -0.573. The lowest BCUT2D eigenvalue weighted by Crippen LogP contribution is -2.70. The fourth-order valence-electron chi connectivity index (χ4n) is 3.93. The molecule has 2 fully saturated rings. The number of benzene rings is 2. The summed E-state index contributed by atoms with van der Waals surface area (Å²) >= 11 is 0. The number of piperazine rings is 2. The SMILES string of the molecule is COc1ccc(C[C@H]2NC(=O)[C@@H]3CN(C(=O)c4cccc(F)c4)CCN3C2=O)cc1. The van der Waals surface area contributed by atoms with Crippen molar-refractivity contribution in [2.45, 2.75) is 18.5 Å². The number of rotatable bonds is 4. The van der Waals surface area contributed by atoms with Gasteiger partial charge in [0.1, 0.15) is 23.7 Å². The largest absolute Gasteiger partial charge is 0.497 e. The Kier molecular flexibility index (Phi) is 5.39. The third kappa shape index (κ3) is 3.85. The minimum absolute atomic E-state index is 0.0855. The van der Waals surface area contributed by atoms with E-state index in [-0.39, 0.29) is 36.4 Å². The van der Waals surface area contributed by atoms with Crippen LogP contribution in [0, 0.1) is 5.82 Å². The van der Waals surface area contributed by atoms with Crippen molar-refractivity contribution in [2.75, 3.05) is 26.7 Å². The van der Waals surface area contributed by atoms with Crippen molar-refractivity contribution in [3.05, 3.63) is 65.5 Å². The van der Waals surface area contributed by atoms with E-state index in [9.17, 15) is 18.8 Å². The van der Waals surface area contributed by atoms with E-state index in [2.05, 4.69) is 5.32 Å². The second-order valence-electron chi connectivity index (χ2n) is 7.42. The van der Waals surface area contributed by atoms with Crippen molar-refractivity contribution in [3.8, 4) is 5.75 Å². The van der Waals surface area contributed by atoms with Crippen LogP contribution < -0.4 is 10.1 Å². The number of hydrogen-bond acceptors (Lipinski definition) is 4. The number of carbonyl (C=O) groups is 3. The van der Waals surface area contributed by atoms with E-state index >= 15 is 0 Å². The number of amides is 3. The zero-order valence-corrected chi connectivity index (χ0v) is 16.5. The van der Waals surface area contributed by atoms with E-state index in [1.54, 1.807) is 12.0 Å². The number of methoxy groups -OCH3 is 1. The van der Waals surface area contributed by atoms with Gasteiger partial charge in [-0.05, 0) is 35.9 Å². The van der Waals surface area contributed by atoms with Gasteiger partial charge in [0.05, 0.1) is 13.7 Å². The van der Waals surface area contributed by atoms with E-state index in [4.69, 9.17) is 4.74 Å². The van der Waals surface area contributed by atoms with Gasteiger partial charge < -0.3 is 19.9 Å². The lowest BCUT2D eigenvalue weighted by molar-refractivity contribution is -0.152. The monoisotopic (exact) mass is 411 g/mol. The van der Waals surface area contributed by atoms with E-state index in [1.807, 2.05) is 24.3 Å². The van der Waals surface area contributed by atoms with Crippen LogP contribution in [0.3, 0.4) is 0 Å². The zero-order valence-electron chi connectivity index (χ0n) is 16.5. The Bertz CT molecular complexity index is 979. The molecule has 0 bridgehead atoms. The molecule has 2 aromatic carbocycles. The van der Waals surface area contributed by atoms with Gasteiger partial charge >= 0.3 is 0 Å². The van der Waals surface area contributed by atoms with Crippen molar-refractivity contribution in [3.63, 3.8) is 0 Å². The van der Waals surface area contributed by atoms with E-state index in [0.717, 1.165) is 11.3 Å². The lowest BCUT2D eigenvalue weighted by atomic mass is 9.98. The summed E-state index contributed by atoms with van der Waals surface area (Å²) in [5.41, 5.74) is 1.14. The number of fused-ring (bicyclic) bond motifs is 1. The number of nitrogens with one attached hydrogen (secondary N) is 1. The number of hydrogen-bond donors (Lipinski definition) is 1. The zero-order chi connectivity index (χ0) is 21.3. The van der Waals surface area contributed by atoms with E-state index < -0.39 is 17.9 Å². The normalized spacial score (nSPS) is 21.1. The summed E-state index contributed by atoms with van der Waals surface area (Å²) in [6.07, 6.45) is 0.379. The average Bonchev–Trinajstić information content (AvgIpc) is 2.77. The molecular weight excluding hydrogens is 389 g/mol. The molecule has 2 aliphatic rings. The first-order valence-electron chi connectivity index (χ1n) is 9.75. The van der Waals surface area contributed by atoms with E-state index in [1.165, 1.54) is 29.2 Å². The summed E-state index contributed by atoms with van der Waals surface area (Å²) in [7, 11) is 1.58. The van der Waals surface area contributed by atoms with Gasteiger partial charge in [-0.1, -0.05) is 18.2 Å². The van der Waals surface area contributed by atoms with Crippen molar-refractivity contribution in [1.29, 1.82) is 0 Å². The Morgan fingerprint density at radius 3 is 2.63 bits per heavy atom. The van der Waals surface area contributed by atoms with Gasteiger partial charge in [-0.25, -0.2) is 4.39 Å². The highest BCUT2D eigenvalue weighted by Gasteiger charge is 2.44. The maximum Gasteiger partial charge on any atom is 0.254 e. The van der Waals surface area contributed by atoms with Gasteiger partial charge in [0.15, 0.2) is 0 Å². The first-order chi connectivity index (χ1) is 14.5. The Morgan fingerprint density at radius 2 is 1.93 bits per heavy atom. The molecule has 7 nitrogen and oxygen atoms in total. The number of nitrogens with zero attached hydrogens (tertiary/aromatic N) is 2. The molecule has 0 aliphatic carbocycles. The Hall–Kier alpha value is -3.42. The van der Waals surface area contributed by atoms with Crippen LogP contribution in [0.15, 0.2) is 48.5 Å². The highest BCUT2D eigenvalue weighted by Crippen LogP contribution is 2.21. The van der Waals surface area contributed by atoms with Crippen molar-refractivity contribution < 1.29 is 23.5 Å². The molecular formula is C22H22FN3O4. The Labute approximate surface area is 173 Å². The highest BCUT2D eigenvalue weighted by atomic mass is 19.1. The molecule has 2 saturated heterocycles. The van der Waals surface area contributed by atoms with Gasteiger partial charge in [-0.3, -0.25) is 14.4 Å². The van der Waals surface area contributed by atoms with Crippen LogP contribution in [0.4, 0.5) is 4.39 Å². The third-order valence-electron chi connectivity index (χ3n) is 5.54. The van der Waals surface area contributed by atoms with Crippen LogP contribution in [0.25, 0.3) is 0 Å². The quantitative estimate of drug-likeness (QED) is 0.821. The molecule has 156 valence electrons. The predicted molar refractivity (Wildman–Crippen MR) is 106 cm³/mol. The maximum absolute atomic E-state index is 13.4. The van der Waals surface area contributed by atoms with Crippen LogP contribution in [0.2, 0.25) is 0 Å². The van der Waals surface area contributed by atoms with Crippen molar-refractivity contribution in [2.24, 2.45) is 0 Å². The molecule has 30 heavy (non-hydrogen) atoms. The summed E-state index contributed by atoms with van der Waals surface area (Å²) < 4.78 is 18.6. The third-order valence-corrected chi connectivity index (χ3v) is 5.54. The summed E-state index contributed by atoms with van der Waals surface area (Å²) in [6, 6.07) is 11.4. The van der Waals surface area contributed by atoms with Crippen LogP contribution in [-0.4, -0.2) is 66.3 Å². The van der Waals surface area contributed by atoms with Gasteiger partial charge in [0.25, 0.3) is 5.91 Å². The van der Waals surface area contributed by atoms with Crippen LogP contribution in [-0.2, 0) is 16.0 Å². The number of ether oxygens (including phenoxy) is 1. The molecule has 0 unspecified atom stereocenters. The molecule has 8 heteroatoms. The lowest BCUT2D eigenvalue weighted by Gasteiger charge is -2.45. The van der Waals surface area contributed by atoms with Gasteiger partial charge in [0, 0.05) is 25.1 Å². The summed E-state index contributed by atoms with van der Waals surface area (Å²) in [6.45, 7) is 0.638. The van der Waals surface area contributed by atoms with Gasteiger partial charge in [-0.2, -0.15) is 0 Å². The molecule has 4 rings (SSSR count). The molecule has 0 aromatic heterocycles. The number of carbonyl (C=O) groups excluding carboxylic acids is 3. The molecule has 0 radical (unpaired) electrons. The van der Waals surface area contributed by atoms with Gasteiger partial charge in [0.2, 0.25) is 11.8 Å². The standard InChI is InChI=1S/C22H22FN3O4/c1-30-17-7-5-14(6-8-17)11-18-22(29)26-10-9-25(13-19(26)20(27)24-18)21(28)15-3-2-4-16(23)12-15/h2-8,12,18-19H,9-11,13H2,1H3,(H,24,27)/t18-,19+/m1/s1. The Morgan fingerprint density at radius 1 is 1.17 bits per heavy atom. The molecule has 0 saturated carbocycles. The second-order valence-corrected chi connectivity index (χ2v) is 7.42. The molecule has 2 heterocycles. The minimum Gasteiger partial charge on any atom is -0.497 e. The summed E-state index contributed by atoms with van der Waals surface area (Å²) in [4.78, 5) is 41.4. The second kappa shape index (κ2) is 8.14. The van der Waals surface area contributed by atoms with Gasteiger partial charge in [-0.15, -0.1) is 0 Å². The molecule has 0 spiro atoms. The molecule has 3 amide bonds. The highest BCUT2D eigenvalue weighted by molar-refractivity contribution is 5.99. The van der Waals surface area contributed by atoms with Crippen LogP contribution in [0.5, 0.6) is 5.75 Å². The fraction of sp³-hybridized carbons (Fsp3) is 0.318. The Balaban J connectivity index is 1.44. The molecule has 2 aliphatic heterocycles. The molecule has 2 atom stereocenters. The van der Waals surface area contributed by atoms with E-state index in [0.29, 0.717) is 13.0 Å². The first kappa shape index (κ1) is 19.9. The van der Waals surface area contributed by atoms with Crippen LogP contribution in [0.1, 0.15) is 15.9 Å². The van der Waals surface area contributed by atoms with Crippen molar-refractivity contribution >= 4 is 17.7 Å². The van der Waals surface area contributed by atoms with Crippen molar-refractivity contribution in [1.82, 2.24) is 15.1 Å².